The van der Waals surface area contributed by atoms with Gasteiger partial charge in [-0.05, 0) is 12.5 Å². The van der Waals surface area contributed by atoms with Gasteiger partial charge in [-0.3, -0.25) is 4.98 Å². The number of rotatable bonds is 4. The fourth-order valence-corrected chi connectivity index (χ4v) is 2.82. The molecule has 1 aromatic heterocycles. The number of anilines is 1. The van der Waals surface area contributed by atoms with Gasteiger partial charge in [-0.15, -0.1) is 6.58 Å². The number of pyridine rings is 1. The molecule has 1 atom stereocenters. The van der Waals surface area contributed by atoms with Crippen molar-refractivity contribution in [1.29, 1.82) is 5.26 Å². The van der Waals surface area contributed by atoms with Gasteiger partial charge < -0.3 is 9.64 Å². The summed E-state index contributed by atoms with van der Waals surface area (Å²) in [5.74, 6) is 0. The fourth-order valence-electron chi connectivity index (χ4n) is 2.82. The number of para-hydroxylation sites is 1. The smallest absolute Gasteiger partial charge is 0.103 e. The van der Waals surface area contributed by atoms with Gasteiger partial charge in [-0.1, -0.05) is 24.3 Å². The van der Waals surface area contributed by atoms with Gasteiger partial charge in [0, 0.05) is 24.7 Å². The van der Waals surface area contributed by atoms with Crippen molar-refractivity contribution in [2.75, 3.05) is 24.6 Å². The molecular weight excluding hydrogens is 262 g/mol. The zero-order chi connectivity index (χ0) is 14.7. The van der Waals surface area contributed by atoms with Crippen molar-refractivity contribution in [3.63, 3.8) is 0 Å². The van der Waals surface area contributed by atoms with Crippen molar-refractivity contribution >= 4 is 16.6 Å². The first-order valence-electron chi connectivity index (χ1n) is 7.08. The molecule has 1 unspecified atom stereocenters. The zero-order valence-electron chi connectivity index (χ0n) is 11.8. The molecule has 4 heteroatoms. The van der Waals surface area contributed by atoms with Gasteiger partial charge in [0.2, 0.25) is 0 Å². The van der Waals surface area contributed by atoms with Gasteiger partial charge in [0.05, 0.1) is 29.5 Å². The monoisotopic (exact) mass is 279 g/mol. The Kier molecular flexibility index (Phi) is 3.85. The van der Waals surface area contributed by atoms with Gasteiger partial charge >= 0.3 is 0 Å². The topological polar surface area (TPSA) is 49.1 Å². The highest BCUT2D eigenvalue weighted by Crippen LogP contribution is 2.32. The maximum absolute atomic E-state index is 9.38. The first-order valence-corrected chi connectivity index (χ1v) is 7.08. The van der Waals surface area contributed by atoms with E-state index in [-0.39, 0.29) is 6.10 Å². The minimum Gasteiger partial charge on any atom is -0.372 e. The van der Waals surface area contributed by atoms with Gasteiger partial charge in [0.25, 0.3) is 0 Å². The molecule has 106 valence electrons. The minimum atomic E-state index is 0.196. The van der Waals surface area contributed by atoms with E-state index in [1.807, 2.05) is 24.3 Å². The number of benzene rings is 1. The van der Waals surface area contributed by atoms with Crippen molar-refractivity contribution in [3.8, 4) is 6.07 Å². The molecule has 2 aromatic rings. The van der Waals surface area contributed by atoms with Crippen LogP contribution in [-0.4, -0.2) is 30.8 Å². The second kappa shape index (κ2) is 5.94. The van der Waals surface area contributed by atoms with Crippen LogP contribution in [0.4, 0.5) is 5.69 Å². The average molecular weight is 279 g/mol. The molecule has 2 heterocycles. The Labute approximate surface area is 124 Å². The Balaban J connectivity index is 1.96. The van der Waals surface area contributed by atoms with E-state index >= 15 is 0 Å². The van der Waals surface area contributed by atoms with Crippen molar-refractivity contribution in [2.45, 2.75) is 12.5 Å². The lowest BCUT2D eigenvalue weighted by atomic mass is 10.1. The summed E-state index contributed by atoms with van der Waals surface area (Å²) < 4.78 is 5.73. The summed E-state index contributed by atoms with van der Waals surface area (Å²) in [4.78, 5) is 6.59. The van der Waals surface area contributed by atoms with Crippen LogP contribution in [0.5, 0.6) is 0 Å². The normalized spacial score (nSPS) is 17.9. The summed E-state index contributed by atoms with van der Waals surface area (Å²) in [5, 5.41) is 10.4. The molecule has 0 amide bonds. The van der Waals surface area contributed by atoms with E-state index in [0.29, 0.717) is 12.2 Å². The molecule has 21 heavy (non-hydrogen) atoms. The van der Waals surface area contributed by atoms with E-state index in [2.05, 4.69) is 22.5 Å². The maximum atomic E-state index is 9.38. The summed E-state index contributed by atoms with van der Waals surface area (Å²) in [7, 11) is 0. The predicted octanol–water partition coefficient (Wildman–Crippen LogP) is 2.89. The SMILES string of the molecule is C=CCOC1CCN(c2c(C#N)cnc3ccccc23)C1. The van der Waals surface area contributed by atoms with Crippen LogP contribution in [0.15, 0.2) is 43.1 Å². The molecule has 4 nitrogen and oxygen atoms in total. The number of aromatic nitrogens is 1. The number of hydrogen-bond donors (Lipinski definition) is 0. The summed E-state index contributed by atoms with van der Waals surface area (Å²) in [6.07, 6.45) is 4.59. The van der Waals surface area contributed by atoms with Crippen molar-refractivity contribution in [1.82, 2.24) is 4.98 Å². The van der Waals surface area contributed by atoms with Crippen LogP contribution in [0.1, 0.15) is 12.0 Å². The third-order valence-corrected chi connectivity index (χ3v) is 3.78. The van der Waals surface area contributed by atoms with Gasteiger partial charge in [-0.2, -0.15) is 5.26 Å². The maximum Gasteiger partial charge on any atom is 0.103 e. The fraction of sp³-hybridized carbons (Fsp3) is 0.294. The van der Waals surface area contributed by atoms with Crippen LogP contribution in [0.2, 0.25) is 0 Å². The summed E-state index contributed by atoms with van der Waals surface area (Å²) in [6, 6.07) is 10.2. The van der Waals surface area contributed by atoms with E-state index in [0.717, 1.165) is 36.1 Å². The van der Waals surface area contributed by atoms with Crippen LogP contribution in [0.3, 0.4) is 0 Å². The van der Waals surface area contributed by atoms with Gasteiger partial charge in [0.1, 0.15) is 6.07 Å². The molecule has 1 aromatic carbocycles. The molecule has 0 saturated carbocycles. The van der Waals surface area contributed by atoms with Gasteiger partial charge in [0.15, 0.2) is 0 Å². The predicted molar refractivity (Wildman–Crippen MR) is 83.2 cm³/mol. The first kappa shape index (κ1) is 13.6. The lowest BCUT2D eigenvalue weighted by Crippen LogP contribution is -2.24. The molecule has 0 N–H and O–H groups in total. The van der Waals surface area contributed by atoms with Crippen LogP contribution >= 0.6 is 0 Å². The number of ether oxygens (including phenoxy) is 1. The van der Waals surface area contributed by atoms with E-state index in [9.17, 15) is 5.26 Å². The van der Waals surface area contributed by atoms with Crippen LogP contribution in [0.25, 0.3) is 10.9 Å². The molecule has 0 bridgehead atoms. The highest BCUT2D eigenvalue weighted by Gasteiger charge is 2.26. The second-order valence-electron chi connectivity index (χ2n) is 5.13. The van der Waals surface area contributed by atoms with E-state index in [4.69, 9.17) is 4.74 Å². The summed E-state index contributed by atoms with van der Waals surface area (Å²) >= 11 is 0. The van der Waals surface area contributed by atoms with Crippen LogP contribution < -0.4 is 4.90 Å². The Morgan fingerprint density at radius 3 is 3.14 bits per heavy atom. The second-order valence-corrected chi connectivity index (χ2v) is 5.13. The Morgan fingerprint density at radius 1 is 1.48 bits per heavy atom. The molecule has 1 aliphatic heterocycles. The van der Waals surface area contributed by atoms with Crippen molar-refractivity contribution in [3.05, 3.63) is 48.7 Å². The molecule has 0 spiro atoms. The number of nitrogens with zero attached hydrogens (tertiary/aromatic N) is 3. The molecule has 1 fully saturated rings. The van der Waals surface area contributed by atoms with Crippen LogP contribution in [-0.2, 0) is 4.74 Å². The highest BCUT2D eigenvalue weighted by atomic mass is 16.5. The lowest BCUT2D eigenvalue weighted by molar-refractivity contribution is 0.0909. The van der Waals surface area contributed by atoms with E-state index in [1.54, 1.807) is 12.3 Å². The summed E-state index contributed by atoms with van der Waals surface area (Å²) in [5.41, 5.74) is 2.52. The molecule has 1 aliphatic rings. The standard InChI is InChI=1S/C17H17N3O/c1-2-9-21-14-7-8-20(12-14)17-13(10-18)11-19-16-6-4-3-5-15(16)17/h2-6,11,14H,1,7-9,12H2. The van der Waals surface area contributed by atoms with E-state index < -0.39 is 0 Å². The molecule has 1 saturated heterocycles. The first-order chi connectivity index (χ1) is 10.3. The van der Waals surface area contributed by atoms with Crippen molar-refractivity contribution < 1.29 is 4.74 Å². The highest BCUT2D eigenvalue weighted by molar-refractivity contribution is 5.94. The minimum absolute atomic E-state index is 0.196. The molecule has 0 radical (unpaired) electrons. The summed E-state index contributed by atoms with van der Waals surface area (Å²) in [6.45, 7) is 5.94. The third kappa shape index (κ3) is 2.61. The van der Waals surface area contributed by atoms with E-state index in [1.165, 1.54) is 0 Å². The quantitative estimate of drug-likeness (QED) is 0.807. The van der Waals surface area contributed by atoms with Crippen LogP contribution in [0, 0.1) is 11.3 Å². The average Bonchev–Trinajstić information content (AvgIpc) is 3.00. The van der Waals surface area contributed by atoms with Gasteiger partial charge in [-0.25, -0.2) is 0 Å². The van der Waals surface area contributed by atoms with Crippen molar-refractivity contribution in [2.24, 2.45) is 0 Å². The molecule has 3 rings (SSSR count). The Morgan fingerprint density at radius 2 is 2.33 bits per heavy atom. The molecular formula is C17H17N3O. The molecule has 0 aliphatic carbocycles. The Bertz CT molecular complexity index is 705. The Hall–Kier alpha value is -2.38. The number of hydrogen-bond acceptors (Lipinski definition) is 4. The lowest BCUT2D eigenvalue weighted by Gasteiger charge is -2.21. The number of fused-ring (bicyclic) bond motifs is 1. The third-order valence-electron chi connectivity index (χ3n) is 3.78. The number of nitriles is 1. The zero-order valence-corrected chi connectivity index (χ0v) is 11.8. The largest absolute Gasteiger partial charge is 0.372 e.